The van der Waals surface area contributed by atoms with Crippen molar-refractivity contribution in [2.75, 3.05) is 13.1 Å². The maximum atomic E-state index is 12.4. The van der Waals surface area contributed by atoms with Crippen LogP contribution >= 0.6 is 0 Å². The largest absolute Gasteiger partial charge is 0.481 e. The molecule has 2 N–H and O–H groups in total. The number of aliphatic carboxylic acids is 1. The topological polar surface area (TPSA) is 116 Å². The number of aliphatic imine (C=N–C) groups is 1. The summed E-state index contributed by atoms with van der Waals surface area (Å²) in [7, 11) is -3.56. The van der Waals surface area contributed by atoms with Crippen LogP contribution in [0.3, 0.4) is 0 Å². The molecule has 1 fully saturated rings. The van der Waals surface area contributed by atoms with Gasteiger partial charge in [-0.15, -0.1) is 0 Å². The highest BCUT2D eigenvalue weighted by Gasteiger charge is 2.35. The first-order valence-corrected chi connectivity index (χ1v) is 10.5. The van der Waals surface area contributed by atoms with Gasteiger partial charge in [0.2, 0.25) is 5.91 Å². The van der Waals surface area contributed by atoms with Crippen LogP contribution in [-0.2, 0) is 19.6 Å². The fraction of sp³-hybridized carbons (Fsp3) is 0.500. The van der Waals surface area contributed by atoms with Gasteiger partial charge in [0, 0.05) is 31.1 Å². The van der Waals surface area contributed by atoms with E-state index in [1.165, 1.54) is 6.07 Å². The number of hydrogen-bond acceptors (Lipinski definition) is 5. The van der Waals surface area contributed by atoms with Crippen molar-refractivity contribution >= 4 is 27.7 Å². The molecule has 0 unspecified atom stereocenters. The number of amidine groups is 1. The number of piperidine rings is 1. The average Bonchev–Trinajstić information content (AvgIpc) is 2.89. The number of carboxylic acids is 1. The van der Waals surface area contributed by atoms with Crippen molar-refractivity contribution in [1.29, 1.82) is 0 Å². The molecule has 2 aliphatic heterocycles. The zero-order valence-corrected chi connectivity index (χ0v) is 15.9. The predicted octanol–water partition coefficient (Wildman–Crippen LogP) is 1.22. The van der Waals surface area contributed by atoms with Crippen LogP contribution < -0.4 is 4.72 Å². The Morgan fingerprint density at radius 2 is 2.07 bits per heavy atom. The zero-order valence-electron chi connectivity index (χ0n) is 15.1. The van der Waals surface area contributed by atoms with Gasteiger partial charge in [0.1, 0.15) is 5.84 Å². The molecule has 1 aromatic rings. The number of hydrogen-bond donors (Lipinski definition) is 2. The van der Waals surface area contributed by atoms with E-state index < -0.39 is 21.9 Å². The molecule has 0 bridgehead atoms. The number of carboxylic acid groups (broad SMARTS) is 1. The van der Waals surface area contributed by atoms with Crippen molar-refractivity contribution in [2.24, 2.45) is 10.9 Å². The van der Waals surface area contributed by atoms with Gasteiger partial charge in [-0.1, -0.05) is 12.1 Å². The Morgan fingerprint density at radius 3 is 2.81 bits per heavy atom. The van der Waals surface area contributed by atoms with E-state index in [0.717, 1.165) is 0 Å². The molecule has 3 rings (SSSR count). The molecular weight excluding hydrogens is 370 g/mol. The molecule has 1 amide bonds. The summed E-state index contributed by atoms with van der Waals surface area (Å²) in [5.41, 5.74) is 0.540. The molecule has 0 aliphatic carbocycles. The van der Waals surface area contributed by atoms with Crippen LogP contribution in [0.15, 0.2) is 34.2 Å². The highest BCUT2D eigenvalue weighted by molar-refractivity contribution is 7.90. The van der Waals surface area contributed by atoms with E-state index in [4.69, 9.17) is 0 Å². The standard InChI is InChI=1S/C18H23N3O5S/c1-12-13(18(23)24)7-5-11-21(12)16(22)9-4-10-19-17-14-6-2-3-8-15(14)27(25,26)20-17/h2-3,6,8,12-13H,4-5,7,9-11H2,1H3,(H,19,20)(H,23,24)/t12-,13-/m1/s1. The molecule has 2 aliphatic rings. The van der Waals surface area contributed by atoms with Crippen molar-refractivity contribution < 1.29 is 23.1 Å². The Labute approximate surface area is 158 Å². The van der Waals surface area contributed by atoms with E-state index in [9.17, 15) is 23.1 Å². The monoisotopic (exact) mass is 393 g/mol. The summed E-state index contributed by atoms with van der Waals surface area (Å²) in [5.74, 6) is -1.16. The summed E-state index contributed by atoms with van der Waals surface area (Å²) in [6.45, 7) is 2.66. The quantitative estimate of drug-likeness (QED) is 0.730. The third-order valence-corrected chi connectivity index (χ3v) is 6.50. The Kier molecular flexibility index (Phi) is 5.50. The minimum atomic E-state index is -3.56. The summed E-state index contributed by atoms with van der Waals surface area (Å²) >= 11 is 0. The van der Waals surface area contributed by atoms with Gasteiger partial charge in [0.15, 0.2) is 0 Å². The number of fused-ring (bicyclic) bond motifs is 1. The summed E-state index contributed by atoms with van der Waals surface area (Å²) < 4.78 is 26.5. The Hall–Kier alpha value is -2.42. The van der Waals surface area contributed by atoms with Crippen molar-refractivity contribution in [3.63, 3.8) is 0 Å². The molecule has 9 heteroatoms. The van der Waals surface area contributed by atoms with Crippen LogP contribution in [0.2, 0.25) is 0 Å². The van der Waals surface area contributed by atoms with E-state index in [1.807, 2.05) is 0 Å². The number of rotatable bonds is 5. The summed E-state index contributed by atoms with van der Waals surface area (Å²) in [5, 5.41) is 9.25. The molecule has 2 heterocycles. The Balaban J connectivity index is 1.57. The molecule has 2 atom stereocenters. The van der Waals surface area contributed by atoms with Crippen molar-refractivity contribution in [3.05, 3.63) is 29.8 Å². The van der Waals surface area contributed by atoms with Crippen LogP contribution in [0, 0.1) is 5.92 Å². The number of nitrogens with one attached hydrogen (secondary N) is 1. The fourth-order valence-electron chi connectivity index (χ4n) is 3.64. The third-order valence-electron chi connectivity index (χ3n) is 5.11. The van der Waals surface area contributed by atoms with Gasteiger partial charge in [-0.2, -0.15) is 0 Å². The molecule has 0 radical (unpaired) electrons. The zero-order chi connectivity index (χ0) is 19.6. The van der Waals surface area contributed by atoms with Crippen LogP contribution in [0.1, 0.15) is 38.2 Å². The summed E-state index contributed by atoms with van der Waals surface area (Å²) in [4.78, 5) is 29.9. The van der Waals surface area contributed by atoms with E-state index in [1.54, 1.807) is 30.0 Å². The number of nitrogens with zero attached hydrogens (tertiary/aromatic N) is 2. The van der Waals surface area contributed by atoms with Crippen LogP contribution in [0.5, 0.6) is 0 Å². The molecule has 27 heavy (non-hydrogen) atoms. The maximum Gasteiger partial charge on any atom is 0.308 e. The lowest BCUT2D eigenvalue weighted by Gasteiger charge is -2.37. The summed E-state index contributed by atoms with van der Waals surface area (Å²) in [6.07, 6.45) is 2.00. The SMILES string of the molecule is C[C@@H]1[C@H](C(=O)O)CCCN1C(=O)CCCN=C1NS(=O)(=O)c2ccccc21. The van der Waals surface area contributed by atoms with E-state index >= 15 is 0 Å². The lowest BCUT2D eigenvalue weighted by Crippen LogP contribution is -2.49. The van der Waals surface area contributed by atoms with Gasteiger partial charge in [0.25, 0.3) is 10.0 Å². The van der Waals surface area contributed by atoms with Crippen molar-refractivity contribution in [1.82, 2.24) is 9.62 Å². The number of sulfonamides is 1. The van der Waals surface area contributed by atoms with Crippen LogP contribution in [0.25, 0.3) is 0 Å². The Morgan fingerprint density at radius 1 is 1.33 bits per heavy atom. The molecule has 0 aromatic heterocycles. The van der Waals surface area contributed by atoms with Gasteiger partial charge in [-0.3, -0.25) is 19.3 Å². The van der Waals surface area contributed by atoms with E-state index in [-0.39, 0.29) is 23.3 Å². The van der Waals surface area contributed by atoms with Crippen molar-refractivity contribution in [2.45, 2.75) is 43.5 Å². The molecular formula is C18H23N3O5S. The van der Waals surface area contributed by atoms with Crippen LogP contribution in [-0.4, -0.2) is 55.3 Å². The van der Waals surface area contributed by atoms with Gasteiger partial charge < -0.3 is 10.0 Å². The minimum Gasteiger partial charge on any atom is -0.481 e. The maximum absolute atomic E-state index is 12.4. The lowest BCUT2D eigenvalue weighted by molar-refractivity contribution is -0.149. The molecule has 0 spiro atoms. The molecule has 1 saturated heterocycles. The fourth-order valence-corrected chi connectivity index (χ4v) is 4.89. The first-order valence-electron chi connectivity index (χ1n) is 9.00. The average molecular weight is 393 g/mol. The molecule has 0 saturated carbocycles. The highest BCUT2D eigenvalue weighted by atomic mass is 32.2. The second-order valence-electron chi connectivity index (χ2n) is 6.85. The number of amides is 1. The predicted molar refractivity (Wildman–Crippen MR) is 98.9 cm³/mol. The minimum absolute atomic E-state index is 0.0824. The number of benzene rings is 1. The van der Waals surface area contributed by atoms with E-state index in [2.05, 4.69) is 9.71 Å². The lowest BCUT2D eigenvalue weighted by atomic mass is 9.90. The van der Waals surface area contributed by atoms with Gasteiger partial charge in [-0.25, -0.2) is 8.42 Å². The first-order chi connectivity index (χ1) is 12.8. The third kappa shape index (κ3) is 3.97. The van der Waals surface area contributed by atoms with Crippen LogP contribution in [0.4, 0.5) is 0 Å². The van der Waals surface area contributed by atoms with Gasteiger partial charge in [0.05, 0.1) is 10.8 Å². The Bertz CT molecular complexity index is 881. The van der Waals surface area contributed by atoms with E-state index in [0.29, 0.717) is 43.8 Å². The number of carbonyl (C=O) groups excluding carboxylic acids is 1. The van der Waals surface area contributed by atoms with Gasteiger partial charge >= 0.3 is 5.97 Å². The molecule has 1 aromatic carbocycles. The smallest absolute Gasteiger partial charge is 0.308 e. The number of carbonyl (C=O) groups is 2. The second kappa shape index (κ2) is 7.67. The molecule has 146 valence electrons. The highest BCUT2D eigenvalue weighted by Crippen LogP contribution is 2.25. The second-order valence-corrected chi connectivity index (χ2v) is 8.50. The first kappa shape index (κ1) is 19.3. The van der Waals surface area contributed by atoms with Crippen molar-refractivity contribution in [3.8, 4) is 0 Å². The summed E-state index contributed by atoms with van der Waals surface area (Å²) in [6, 6.07) is 6.31. The normalized spacial score (nSPS) is 25.1. The van der Waals surface area contributed by atoms with Gasteiger partial charge in [-0.05, 0) is 38.3 Å². The molecule has 8 nitrogen and oxygen atoms in total. The number of likely N-dealkylation sites (tertiary alicyclic amines) is 1.